The van der Waals surface area contributed by atoms with E-state index >= 15 is 0 Å². The van der Waals surface area contributed by atoms with Crippen molar-refractivity contribution in [3.05, 3.63) is 82.6 Å². The minimum absolute atomic E-state index is 0.0784. The fourth-order valence-corrected chi connectivity index (χ4v) is 3.66. The second-order valence-electron chi connectivity index (χ2n) is 8.11. The van der Waals surface area contributed by atoms with Crippen molar-refractivity contribution in [3.8, 4) is 22.5 Å². The summed E-state index contributed by atoms with van der Waals surface area (Å²) in [6, 6.07) is 16.2. The van der Waals surface area contributed by atoms with Gasteiger partial charge in [0.05, 0.1) is 13.1 Å². The topological polar surface area (TPSA) is 94.3 Å². The maximum Gasteiger partial charge on any atom is 0.346 e. The molecule has 1 N–H and O–H groups in total. The summed E-state index contributed by atoms with van der Waals surface area (Å²) in [6.45, 7) is 7.18. The number of hydrogen-bond acceptors (Lipinski definition) is 5. The first-order valence-electron chi connectivity index (χ1n) is 10.8. The van der Waals surface area contributed by atoms with Crippen molar-refractivity contribution in [2.45, 2.75) is 40.3 Å². The van der Waals surface area contributed by atoms with Crippen molar-refractivity contribution in [2.24, 2.45) is 5.92 Å². The number of H-pyrrole nitrogens is 1. The van der Waals surface area contributed by atoms with Gasteiger partial charge < -0.3 is 0 Å². The molecule has 0 radical (unpaired) electrons. The Hall–Kier alpha value is -3.81. The molecule has 2 heterocycles. The number of nitrogens with zero attached hydrogens (tertiary/aromatic N) is 6. The molecule has 0 aliphatic carbocycles. The van der Waals surface area contributed by atoms with Gasteiger partial charge in [0.15, 0.2) is 0 Å². The predicted molar refractivity (Wildman–Crippen MR) is 124 cm³/mol. The van der Waals surface area contributed by atoms with Gasteiger partial charge in [-0.3, -0.25) is 4.57 Å². The van der Waals surface area contributed by atoms with Crippen LogP contribution in [0.2, 0.25) is 0 Å². The van der Waals surface area contributed by atoms with Crippen LogP contribution in [-0.4, -0.2) is 35.0 Å². The third kappa shape index (κ3) is 4.59. The van der Waals surface area contributed by atoms with Crippen LogP contribution in [0.15, 0.2) is 65.5 Å². The normalized spacial score (nSPS) is 11.6. The number of benzene rings is 2. The Bertz CT molecular complexity index is 1250. The lowest BCUT2D eigenvalue weighted by Crippen LogP contribution is -2.25. The van der Waals surface area contributed by atoms with E-state index in [9.17, 15) is 4.79 Å². The lowest BCUT2D eigenvalue weighted by atomic mass is 9.98. The van der Waals surface area contributed by atoms with Gasteiger partial charge in [0.2, 0.25) is 5.82 Å². The van der Waals surface area contributed by atoms with Gasteiger partial charge in [0.1, 0.15) is 5.82 Å². The van der Waals surface area contributed by atoms with Crippen molar-refractivity contribution in [3.63, 3.8) is 0 Å². The van der Waals surface area contributed by atoms with Crippen molar-refractivity contribution in [1.82, 2.24) is 35.0 Å². The zero-order chi connectivity index (χ0) is 22.5. The molecule has 0 atom stereocenters. The quantitative estimate of drug-likeness (QED) is 0.431. The smallest absolute Gasteiger partial charge is 0.274 e. The number of aromatic amines is 1. The molecule has 8 heteroatoms. The van der Waals surface area contributed by atoms with E-state index in [1.54, 1.807) is 4.57 Å². The van der Waals surface area contributed by atoms with Crippen LogP contribution in [-0.2, 0) is 19.5 Å². The van der Waals surface area contributed by atoms with Crippen LogP contribution in [0.4, 0.5) is 0 Å². The molecular weight excluding hydrogens is 402 g/mol. The van der Waals surface area contributed by atoms with Crippen molar-refractivity contribution in [1.29, 1.82) is 0 Å². The largest absolute Gasteiger partial charge is 0.346 e. The van der Waals surface area contributed by atoms with Crippen LogP contribution >= 0.6 is 0 Å². The van der Waals surface area contributed by atoms with E-state index in [1.165, 1.54) is 4.68 Å². The minimum atomic E-state index is -0.0784. The molecule has 0 aliphatic rings. The van der Waals surface area contributed by atoms with Gasteiger partial charge in [-0.1, -0.05) is 74.5 Å². The van der Waals surface area contributed by atoms with Gasteiger partial charge in [-0.2, -0.15) is 10.3 Å². The van der Waals surface area contributed by atoms with E-state index in [0.29, 0.717) is 24.8 Å². The average molecular weight is 430 g/mol. The highest BCUT2D eigenvalue weighted by Gasteiger charge is 2.15. The Morgan fingerprint density at radius 3 is 2.47 bits per heavy atom. The molecule has 164 valence electrons. The third-order valence-electron chi connectivity index (χ3n) is 5.22. The molecule has 8 nitrogen and oxygen atoms in total. The molecular formula is C24H27N7O. The standard InChI is InChI=1S/C24H27N7O/c1-4-5-14-31-24(32)30(22(27-31)15-17(2)3)16-18-10-12-19(13-11-18)20-8-6-7-9-21(20)23-25-28-29-26-23/h4-13,17H,14-16H2,1-3H3,(H,25,26,28,29). The van der Waals surface area contributed by atoms with Gasteiger partial charge in [-0.15, -0.1) is 10.2 Å². The Balaban J connectivity index is 1.63. The van der Waals surface area contributed by atoms with E-state index in [2.05, 4.69) is 63.8 Å². The Morgan fingerprint density at radius 2 is 1.81 bits per heavy atom. The first-order valence-corrected chi connectivity index (χ1v) is 10.8. The Kier molecular flexibility index (Phi) is 6.39. The third-order valence-corrected chi connectivity index (χ3v) is 5.22. The average Bonchev–Trinajstić information content (AvgIpc) is 3.43. The van der Waals surface area contributed by atoms with Gasteiger partial charge in [0.25, 0.3) is 0 Å². The van der Waals surface area contributed by atoms with E-state index in [0.717, 1.165) is 34.5 Å². The Labute approximate surface area is 186 Å². The van der Waals surface area contributed by atoms with E-state index < -0.39 is 0 Å². The summed E-state index contributed by atoms with van der Waals surface area (Å²) in [5.41, 5.74) is 3.95. The number of hydrogen-bond donors (Lipinski definition) is 1. The summed E-state index contributed by atoms with van der Waals surface area (Å²) < 4.78 is 3.32. The molecule has 4 rings (SSSR count). The molecule has 0 bridgehead atoms. The lowest BCUT2D eigenvalue weighted by molar-refractivity contribution is 0.583. The van der Waals surface area contributed by atoms with E-state index in [1.807, 2.05) is 43.3 Å². The highest BCUT2D eigenvalue weighted by atomic mass is 16.2. The van der Waals surface area contributed by atoms with Crippen molar-refractivity contribution < 1.29 is 0 Å². The van der Waals surface area contributed by atoms with Crippen LogP contribution in [0.25, 0.3) is 22.5 Å². The number of nitrogens with one attached hydrogen (secondary N) is 1. The molecule has 0 aliphatic heterocycles. The zero-order valence-electron chi connectivity index (χ0n) is 18.6. The zero-order valence-corrected chi connectivity index (χ0v) is 18.6. The Morgan fingerprint density at radius 1 is 1.06 bits per heavy atom. The summed E-state index contributed by atoms with van der Waals surface area (Å²) in [5, 5.41) is 19.0. The second kappa shape index (κ2) is 9.55. The molecule has 0 saturated carbocycles. The summed E-state index contributed by atoms with van der Waals surface area (Å²) in [7, 11) is 0. The van der Waals surface area contributed by atoms with Gasteiger partial charge in [0, 0.05) is 12.0 Å². The fourth-order valence-electron chi connectivity index (χ4n) is 3.66. The van der Waals surface area contributed by atoms with Gasteiger partial charge in [-0.05, 0) is 34.7 Å². The summed E-state index contributed by atoms with van der Waals surface area (Å²) in [6.07, 6.45) is 4.63. The number of rotatable bonds is 8. The van der Waals surface area contributed by atoms with Crippen LogP contribution in [0.1, 0.15) is 32.2 Å². The van der Waals surface area contributed by atoms with Crippen LogP contribution < -0.4 is 5.69 Å². The highest BCUT2D eigenvalue weighted by Crippen LogP contribution is 2.29. The summed E-state index contributed by atoms with van der Waals surface area (Å²) >= 11 is 0. The molecule has 0 spiro atoms. The van der Waals surface area contributed by atoms with Crippen molar-refractivity contribution >= 4 is 0 Å². The fraction of sp³-hybridized carbons (Fsp3) is 0.292. The maximum absolute atomic E-state index is 13.0. The summed E-state index contributed by atoms with van der Waals surface area (Å²) in [4.78, 5) is 13.0. The van der Waals surface area contributed by atoms with Crippen LogP contribution in [0.3, 0.4) is 0 Å². The highest BCUT2D eigenvalue weighted by molar-refractivity contribution is 5.80. The van der Waals surface area contributed by atoms with E-state index in [-0.39, 0.29) is 5.69 Å². The molecule has 2 aromatic heterocycles. The molecule has 0 saturated heterocycles. The minimum Gasteiger partial charge on any atom is -0.274 e. The number of tetrazole rings is 1. The monoisotopic (exact) mass is 429 g/mol. The lowest BCUT2D eigenvalue weighted by Gasteiger charge is -2.10. The van der Waals surface area contributed by atoms with Gasteiger partial charge in [-0.25, -0.2) is 9.48 Å². The molecule has 32 heavy (non-hydrogen) atoms. The number of allylic oxidation sites excluding steroid dienone is 2. The maximum atomic E-state index is 13.0. The molecule has 0 unspecified atom stereocenters. The van der Waals surface area contributed by atoms with E-state index in [4.69, 9.17) is 0 Å². The molecule has 2 aromatic carbocycles. The molecule has 0 amide bonds. The summed E-state index contributed by atoms with van der Waals surface area (Å²) in [5.74, 6) is 1.79. The molecule has 0 fully saturated rings. The SMILES string of the molecule is CC=CCn1nc(CC(C)C)n(Cc2ccc(-c3ccccc3-c3nn[nH]n3)cc2)c1=O. The van der Waals surface area contributed by atoms with Crippen LogP contribution in [0.5, 0.6) is 0 Å². The number of aromatic nitrogens is 7. The van der Waals surface area contributed by atoms with Crippen LogP contribution in [0, 0.1) is 5.92 Å². The second-order valence-corrected chi connectivity index (χ2v) is 8.11. The first-order chi connectivity index (χ1) is 15.6. The van der Waals surface area contributed by atoms with Crippen molar-refractivity contribution in [2.75, 3.05) is 0 Å². The molecule has 4 aromatic rings. The predicted octanol–water partition coefficient (Wildman–Crippen LogP) is 3.71. The first kappa shape index (κ1) is 21.4. The van der Waals surface area contributed by atoms with Gasteiger partial charge >= 0.3 is 5.69 Å².